The Morgan fingerprint density at radius 2 is 1.96 bits per heavy atom. The van der Waals surface area contributed by atoms with Crippen molar-refractivity contribution in [2.75, 3.05) is 40.4 Å². The number of ether oxygens (including phenoxy) is 1. The van der Waals surface area contributed by atoms with Gasteiger partial charge in [-0.25, -0.2) is 0 Å². The molecule has 4 heteroatoms. The van der Waals surface area contributed by atoms with Gasteiger partial charge in [0, 0.05) is 5.56 Å². The molecular weight excluding hydrogens is 336 g/mol. The molecule has 0 heterocycles. The van der Waals surface area contributed by atoms with Gasteiger partial charge < -0.3 is 20.1 Å². The average Bonchev–Trinajstić information content (AvgIpc) is 2.65. The summed E-state index contributed by atoms with van der Waals surface area (Å²) in [7, 11) is 4.38. The summed E-state index contributed by atoms with van der Waals surface area (Å²) in [6, 6.07) is 11.1. The van der Waals surface area contributed by atoms with Crippen molar-refractivity contribution in [3.63, 3.8) is 0 Å². The van der Waals surface area contributed by atoms with Crippen LogP contribution >= 0.6 is 0 Å². The number of aliphatic hydroxyl groups is 1. The lowest BCUT2D eigenvalue weighted by Crippen LogP contribution is -3.09. The molecule has 3 aliphatic carbocycles. The van der Waals surface area contributed by atoms with Crippen molar-refractivity contribution in [2.24, 2.45) is 17.3 Å². The summed E-state index contributed by atoms with van der Waals surface area (Å²) >= 11 is 0. The summed E-state index contributed by atoms with van der Waals surface area (Å²) in [6.07, 6.45) is 4.50. The van der Waals surface area contributed by atoms with E-state index in [0.29, 0.717) is 37.1 Å². The normalized spacial score (nSPS) is 25.6. The van der Waals surface area contributed by atoms with Crippen LogP contribution in [0.25, 0.3) is 0 Å². The first-order valence-corrected chi connectivity index (χ1v) is 10.5. The fraction of sp³-hybridized carbons (Fsp3) is 0.652. The van der Waals surface area contributed by atoms with Crippen LogP contribution in [-0.2, 0) is 4.74 Å². The molecular formula is C23H38N2O2+2. The highest BCUT2D eigenvalue weighted by Gasteiger charge is 2.50. The molecule has 1 saturated carbocycles. The van der Waals surface area contributed by atoms with Crippen LogP contribution in [0.1, 0.15) is 38.3 Å². The minimum absolute atomic E-state index is 0.412. The van der Waals surface area contributed by atoms with Crippen LogP contribution in [0.5, 0.6) is 0 Å². The minimum atomic E-state index is -0.412. The van der Waals surface area contributed by atoms with Gasteiger partial charge in [0.15, 0.2) is 6.04 Å². The van der Waals surface area contributed by atoms with E-state index in [1.54, 1.807) is 0 Å². The van der Waals surface area contributed by atoms with Gasteiger partial charge in [0.05, 0.1) is 27.3 Å². The maximum absolute atomic E-state index is 10.3. The largest absolute Gasteiger partial charge is 0.385 e. The van der Waals surface area contributed by atoms with Crippen molar-refractivity contribution in [1.82, 2.24) is 0 Å². The Bertz CT molecular complexity index is 627. The van der Waals surface area contributed by atoms with Crippen LogP contribution < -0.4 is 10.2 Å². The van der Waals surface area contributed by atoms with Crippen LogP contribution in [0.3, 0.4) is 0 Å². The summed E-state index contributed by atoms with van der Waals surface area (Å²) < 4.78 is 5.87. The van der Waals surface area contributed by atoms with Gasteiger partial charge in [-0.3, -0.25) is 0 Å². The monoisotopic (exact) mass is 374 g/mol. The van der Waals surface area contributed by atoms with Crippen LogP contribution in [-0.4, -0.2) is 51.6 Å². The third kappa shape index (κ3) is 4.80. The predicted molar refractivity (Wildman–Crippen MR) is 109 cm³/mol. The van der Waals surface area contributed by atoms with E-state index in [1.165, 1.54) is 28.9 Å². The van der Waals surface area contributed by atoms with Crippen molar-refractivity contribution >= 4 is 0 Å². The second-order valence-corrected chi connectivity index (χ2v) is 9.29. The Hall–Kier alpha value is -1.20. The molecule has 4 atom stereocenters. The molecule has 0 amide bonds. The number of hydrogen-bond donors (Lipinski definition) is 3. The standard InChI is InChI=1S/C23H36N2O2/c1-23(2)19-11-10-18(21(23)12-19)15-27-16-20(26)13-24-14-22(25(3)4)17-8-6-5-7-9-17/h5-10,19-22,24,26H,11-16H2,1-4H3/p+2/t19-,20+,21-,22-/m0/s1. The van der Waals surface area contributed by atoms with E-state index in [2.05, 4.69) is 69.7 Å². The van der Waals surface area contributed by atoms with Crippen LogP contribution in [0.4, 0.5) is 0 Å². The lowest BCUT2D eigenvalue weighted by Gasteiger charge is -2.56. The topological polar surface area (TPSA) is 50.5 Å². The van der Waals surface area contributed by atoms with Crippen LogP contribution in [0, 0.1) is 17.3 Å². The number of likely N-dealkylation sites (N-methyl/N-ethyl adjacent to an activating group) is 1. The smallest absolute Gasteiger partial charge is 0.162 e. The summed E-state index contributed by atoms with van der Waals surface area (Å²) in [5.74, 6) is 1.55. The van der Waals surface area contributed by atoms with E-state index in [-0.39, 0.29) is 0 Å². The molecule has 1 aromatic rings. The third-order valence-electron chi connectivity index (χ3n) is 6.90. The van der Waals surface area contributed by atoms with Gasteiger partial charge in [-0.2, -0.15) is 0 Å². The molecule has 0 unspecified atom stereocenters. The number of hydrogen-bond acceptors (Lipinski definition) is 2. The highest BCUT2D eigenvalue weighted by molar-refractivity contribution is 5.23. The predicted octanol–water partition coefficient (Wildman–Crippen LogP) is 0.806. The van der Waals surface area contributed by atoms with E-state index in [0.717, 1.165) is 12.5 Å². The summed E-state index contributed by atoms with van der Waals surface area (Å²) in [6.45, 7) is 7.54. The number of nitrogens with one attached hydrogen (secondary N) is 1. The Morgan fingerprint density at radius 1 is 1.22 bits per heavy atom. The van der Waals surface area contributed by atoms with E-state index in [1.807, 2.05) is 0 Å². The van der Waals surface area contributed by atoms with E-state index >= 15 is 0 Å². The molecule has 0 aromatic heterocycles. The lowest BCUT2D eigenvalue weighted by atomic mass is 9.49. The molecule has 4 nitrogen and oxygen atoms in total. The highest BCUT2D eigenvalue weighted by atomic mass is 16.5. The molecule has 2 bridgehead atoms. The lowest BCUT2D eigenvalue weighted by molar-refractivity contribution is -0.909. The first-order valence-electron chi connectivity index (χ1n) is 10.5. The zero-order valence-electron chi connectivity index (χ0n) is 17.4. The van der Waals surface area contributed by atoms with E-state index in [9.17, 15) is 5.11 Å². The molecule has 0 spiro atoms. The molecule has 0 saturated heterocycles. The van der Waals surface area contributed by atoms with Gasteiger partial charge >= 0.3 is 0 Å². The number of benzene rings is 1. The van der Waals surface area contributed by atoms with Gasteiger partial charge in [0.25, 0.3) is 0 Å². The Morgan fingerprint density at radius 3 is 2.59 bits per heavy atom. The van der Waals surface area contributed by atoms with Crippen molar-refractivity contribution in [1.29, 1.82) is 0 Å². The zero-order valence-corrected chi connectivity index (χ0v) is 17.4. The molecule has 4 N–H and O–H groups in total. The number of allylic oxidation sites excluding steroid dienone is 1. The van der Waals surface area contributed by atoms with Gasteiger partial charge in [0.1, 0.15) is 19.2 Å². The molecule has 1 fully saturated rings. The highest BCUT2D eigenvalue weighted by Crippen LogP contribution is 2.59. The minimum Gasteiger partial charge on any atom is -0.385 e. The number of aliphatic hydroxyl groups excluding tert-OH is 1. The molecule has 1 aromatic carbocycles. The first-order chi connectivity index (χ1) is 12.9. The molecule has 3 aliphatic rings. The van der Waals surface area contributed by atoms with E-state index < -0.39 is 6.10 Å². The van der Waals surface area contributed by atoms with Gasteiger partial charge in [-0.1, -0.05) is 50.3 Å². The summed E-state index contributed by atoms with van der Waals surface area (Å²) in [5.41, 5.74) is 3.25. The Labute approximate surface area is 164 Å². The van der Waals surface area contributed by atoms with Gasteiger partial charge in [-0.05, 0) is 35.7 Å². The maximum atomic E-state index is 10.3. The number of rotatable bonds is 10. The summed E-state index contributed by atoms with van der Waals surface area (Å²) in [5, 5.41) is 12.5. The van der Waals surface area contributed by atoms with Crippen molar-refractivity contribution in [2.45, 2.75) is 38.8 Å². The Kier molecular flexibility index (Phi) is 6.74. The maximum Gasteiger partial charge on any atom is 0.162 e. The van der Waals surface area contributed by atoms with Crippen LogP contribution in [0.2, 0.25) is 0 Å². The fourth-order valence-electron chi connectivity index (χ4n) is 4.87. The van der Waals surface area contributed by atoms with Gasteiger partial charge in [-0.15, -0.1) is 0 Å². The quantitative estimate of drug-likeness (QED) is 0.531. The molecule has 0 aliphatic heterocycles. The fourth-order valence-corrected chi connectivity index (χ4v) is 4.87. The van der Waals surface area contributed by atoms with Gasteiger partial charge in [0.2, 0.25) is 0 Å². The second kappa shape index (κ2) is 8.87. The summed E-state index contributed by atoms with van der Waals surface area (Å²) in [4.78, 5) is 1.41. The van der Waals surface area contributed by atoms with Crippen LogP contribution in [0.15, 0.2) is 42.0 Å². The van der Waals surface area contributed by atoms with Crippen molar-refractivity contribution < 1.29 is 20.1 Å². The number of nitrogens with two attached hydrogens (primary N) is 1. The molecule has 4 rings (SSSR count). The average molecular weight is 375 g/mol. The van der Waals surface area contributed by atoms with Crippen molar-refractivity contribution in [3.8, 4) is 0 Å². The second-order valence-electron chi connectivity index (χ2n) is 9.29. The third-order valence-corrected chi connectivity index (χ3v) is 6.90. The molecule has 27 heavy (non-hydrogen) atoms. The SMILES string of the molecule is C[NH+](C)[C@@H](C[NH2+]C[C@@H](O)COCC1=CC[C@H]2C[C@@H]1C2(C)C)c1ccccc1. The first kappa shape index (κ1) is 20.5. The van der Waals surface area contributed by atoms with Crippen molar-refractivity contribution in [3.05, 3.63) is 47.5 Å². The zero-order chi connectivity index (χ0) is 19.4. The van der Waals surface area contributed by atoms with E-state index in [4.69, 9.17) is 4.74 Å². The number of fused-ring (bicyclic) bond motifs is 1. The Balaban J connectivity index is 1.36. The number of quaternary nitrogens is 2. The molecule has 150 valence electrons. The molecule has 0 radical (unpaired) electrons.